The molecule has 2 rings (SSSR count). The van der Waals surface area contributed by atoms with Gasteiger partial charge in [-0.1, -0.05) is 6.42 Å². The van der Waals surface area contributed by atoms with Crippen molar-refractivity contribution < 1.29 is 8.42 Å². The number of pyridine rings is 1. The molecule has 1 aromatic rings. The third-order valence-electron chi connectivity index (χ3n) is 3.63. The first-order chi connectivity index (χ1) is 9.66. The highest BCUT2D eigenvalue weighted by molar-refractivity contribution is 7.89. The van der Waals surface area contributed by atoms with Crippen molar-refractivity contribution in [3.63, 3.8) is 0 Å². The lowest BCUT2D eigenvalue weighted by Crippen LogP contribution is -2.37. The predicted molar refractivity (Wildman–Crippen MR) is 80.0 cm³/mol. The molecule has 5 nitrogen and oxygen atoms in total. The molecule has 1 aromatic heterocycles. The van der Waals surface area contributed by atoms with Crippen molar-refractivity contribution in [2.75, 3.05) is 18.8 Å². The third-order valence-corrected chi connectivity index (χ3v) is 5.05. The number of nitrogens with zero attached hydrogens (tertiary/aromatic N) is 1. The summed E-state index contributed by atoms with van der Waals surface area (Å²) in [5.74, 6) is 0.209. The fourth-order valence-electron chi connectivity index (χ4n) is 2.44. The Morgan fingerprint density at radius 3 is 2.80 bits per heavy atom. The van der Waals surface area contributed by atoms with Gasteiger partial charge in [0.1, 0.15) is 0 Å². The number of piperidine rings is 1. The minimum Gasteiger partial charge on any atom is -0.314 e. The van der Waals surface area contributed by atoms with Gasteiger partial charge in [-0.05, 0) is 49.9 Å². The second kappa shape index (κ2) is 7.71. The highest BCUT2D eigenvalue weighted by Gasteiger charge is 2.16. The Hall–Kier alpha value is -0.980. The van der Waals surface area contributed by atoms with Gasteiger partial charge in [0, 0.05) is 25.0 Å². The first-order valence-electron chi connectivity index (χ1n) is 7.25. The van der Waals surface area contributed by atoms with E-state index < -0.39 is 10.0 Å². The zero-order valence-corrected chi connectivity index (χ0v) is 12.5. The summed E-state index contributed by atoms with van der Waals surface area (Å²) >= 11 is 0. The maximum Gasteiger partial charge on any atom is 0.211 e. The first kappa shape index (κ1) is 15.4. The van der Waals surface area contributed by atoms with Crippen LogP contribution >= 0.6 is 0 Å². The normalized spacial score (nSPS) is 19.9. The molecular formula is C14H23N3O2S. The van der Waals surface area contributed by atoms with E-state index in [4.69, 9.17) is 0 Å². The molecule has 0 radical (unpaired) electrons. The van der Waals surface area contributed by atoms with Crippen molar-refractivity contribution in [2.24, 2.45) is 0 Å². The number of rotatable bonds is 7. The first-order valence-corrected chi connectivity index (χ1v) is 8.90. The summed E-state index contributed by atoms with van der Waals surface area (Å²) in [5.41, 5.74) is 1.09. The van der Waals surface area contributed by atoms with Crippen molar-refractivity contribution in [3.05, 3.63) is 30.1 Å². The summed E-state index contributed by atoms with van der Waals surface area (Å²) in [6.45, 7) is 1.46. The van der Waals surface area contributed by atoms with Crippen LogP contribution in [0.2, 0.25) is 0 Å². The Balaban J connectivity index is 1.68. The molecular weight excluding hydrogens is 274 g/mol. The molecule has 0 aliphatic carbocycles. The number of sulfonamides is 1. The molecule has 1 unspecified atom stereocenters. The minimum absolute atomic E-state index is 0.209. The van der Waals surface area contributed by atoms with E-state index in [9.17, 15) is 8.42 Å². The Morgan fingerprint density at radius 2 is 2.10 bits per heavy atom. The summed E-state index contributed by atoms with van der Waals surface area (Å²) in [6, 6.07) is 4.17. The van der Waals surface area contributed by atoms with Crippen LogP contribution in [-0.4, -0.2) is 38.3 Å². The fraction of sp³-hybridized carbons (Fsp3) is 0.643. The molecule has 1 saturated heterocycles. The Kier molecular flexibility index (Phi) is 5.94. The molecule has 0 aromatic carbocycles. The van der Waals surface area contributed by atoms with Gasteiger partial charge < -0.3 is 5.32 Å². The molecule has 2 N–H and O–H groups in total. The van der Waals surface area contributed by atoms with Crippen molar-refractivity contribution in [2.45, 2.75) is 38.1 Å². The molecule has 1 aliphatic heterocycles. The van der Waals surface area contributed by atoms with Gasteiger partial charge in [0.05, 0.1) is 5.75 Å². The lowest BCUT2D eigenvalue weighted by molar-refractivity contribution is 0.392. The summed E-state index contributed by atoms with van der Waals surface area (Å²) in [4.78, 5) is 3.94. The Bertz CT molecular complexity index is 484. The predicted octanol–water partition coefficient (Wildman–Crippen LogP) is 1.08. The molecule has 0 bridgehead atoms. The molecule has 20 heavy (non-hydrogen) atoms. The highest BCUT2D eigenvalue weighted by Crippen LogP contribution is 2.10. The lowest BCUT2D eigenvalue weighted by atomic mass is 10.0. The number of hydrogen-bond acceptors (Lipinski definition) is 4. The Morgan fingerprint density at radius 1 is 1.30 bits per heavy atom. The topological polar surface area (TPSA) is 71.1 Å². The molecule has 0 saturated carbocycles. The lowest BCUT2D eigenvalue weighted by Gasteiger charge is -2.23. The van der Waals surface area contributed by atoms with Crippen LogP contribution in [0.1, 0.15) is 31.2 Å². The van der Waals surface area contributed by atoms with Crippen LogP contribution in [0, 0.1) is 0 Å². The van der Waals surface area contributed by atoms with Crippen LogP contribution in [0.25, 0.3) is 0 Å². The SMILES string of the molecule is O=S(=O)(CCC1CCCCN1)NCCc1ccncc1. The van der Waals surface area contributed by atoms with Crippen molar-refractivity contribution in [3.8, 4) is 0 Å². The van der Waals surface area contributed by atoms with Gasteiger partial charge in [0.15, 0.2) is 0 Å². The van der Waals surface area contributed by atoms with Crippen molar-refractivity contribution >= 4 is 10.0 Å². The smallest absolute Gasteiger partial charge is 0.211 e. The van der Waals surface area contributed by atoms with E-state index in [-0.39, 0.29) is 5.75 Å². The standard InChI is InChI=1S/C14H23N3O2S/c18-20(19,12-7-14-3-1-2-8-16-14)17-11-6-13-4-9-15-10-5-13/h4-5,9-10,14,16-17H,1-3,6-8,11-12H2. The zero-order chi connectivity index (χ0) is 14.3. The minimum atomic E-state index is -3.16. The maximum atomic E-state index is 11.9. The van der Waals surface area contributed by atoms with E-state index in [1.54, 1.807) is 12.4 Å². The molecule has 0 amide bonds. The van der Waals surface area contributed by atoms with E-state index >= 15 is 0 Å². The average Bonchev–Trinajstić information content (AvgIpc) is 2.47. The van der Waals surface area contributed by atoms with Gasteiger partial charge in [0.25, 0.3) is 0 Å². The van der Waals surface area contributed by atoms with E-state index in [0.29, 0.717) is 25.4 Å². The third kappa shape index (κ3) is 5.56. The van der Waals surface area contributed by atoms with Crippen LogP contribution in [0.15, 0.2) is 24.5 Å². The van der Waals surface area contributed by atoms with E-state index in [1.807, 2.05) is 12.1 Å². The van der Waals surface area contributed by atoms with Crippen LogP contribution in [-0.2, 0) is 16.4 Å². The number of hydrogen-bond donors (Lipinski definition) is 2. The van der Waals surface area contributed by atoms with E-state index in [0.717, 1.165) is 18.5 Å². The molecule has 1 atom stereocenters. The average molecular weight is 297 g/mol. The van der Waals surface area contributed by atoms with Gasteiger partial charge in [0.2, 0.25) is 10.0 Å². The molecule has 6 heteroatoms. The quantitative estimate of drug-likeness (QED) is 0.790. The monoisotopic (exact) mass is 297 g/mol. The van der Waals surface area contributed by atoms with Crippen LogP contribution in [0.4, 0.5) is 0 Å². The van der Waals surface area contributed by atoms with E-state index in [1.165, 1.54) is 12.8 Å². The van der Waals surface area contributed by atoms with Crippen molar-refractivity contribution in [1.82, 2.24) is 15.0 Å². The molecule has 1 aliphatic rings. The summed E-state index contributed by atoms with van der Waals surface area (Å²) in [6.07, 6.45) is 8.33. The number of aromatic nitrogens is 1. The van der Waals surface area contributed by atoms with Gasteiger partial charge in [-0.25, -0.2) is 13.1 Å². The maximum absolute atomic E-state index is 11.9. The van der Waals surface area contributed by atoms with Gasteiger partial charge in [-0.2, -0.15) is 0 Å². The van der Waals surface area contributed by atoms with Gasteiger partial charge in [-0.15, -0.1) is 0 Å². The largest absolute Gasteiger partial charge is 0.314 e. The van der Waals surface area contributed by atoms with Gasteiger partial charge in [-0.3, -0.25) is 4.98 Å². The van der Waals surface area contributed by atoms with Crippen LogP contribution < -0.4 is 10.0 Å². The Labute approximate surface area is 121 Å². The van der Waals surface area contributed by atoms with Crippen molar-refractivity contribution in [1.29, 1.82) is 0 Å². The number of nitrogens with one attached hydrogen (secondary N) is 2. The second-order valence-corrected chi connectivity index (χ2v) is 7.18. The summed E-state index contributed by atoms with van der Waals surface area (Å²) < 4.78 is 26.5. The van der Waals surface area contributed by atoms with Crippen LogP contribution in [0.5, 0.6) is 0 Å². The summed E-state index contributed by atoms with van der Waals surface area (Å²) in [7, 11) is -3.16. The van der Waals surface area contributed by atoms with Gasteiger partial charge >= 0.3 is 0 Å². The summed E-state index contributed by atoms with van der Waals surface area (Å²) in [5, 5.41) is 3.37. The fourth-order valence-corrected chi connectivity index (χ4v) is 3.59. The molecule has 112 valence electrons. The molecule has 0 spiro atoms. The molecule has 1 fully saturated rings. The van der Waals surface area contributed by atoms with Crippen LogP contribution in [0.3, 0.4) is 0 Å². The zero-order valence-electron chi connectivity index (χ0n) is 11.7. The van der Waals surface area contributed by atoms with E-state index in [2.05, 4.69) is 15.0 Å². The molecule has 2 heterocycles. The second-order valence-electron chi connectivity index (χ2n) is 5.25. The highest BCUT2D eigenvalue weighted by atomic mass is 32.2.